The van der Waals surface area contributed by atoms with Gasteiger partial charge in [-0.15, -0.1) is 11.8 Å². The van der Waals surface area contributed by atoms with Crippen LogP contribution in [0.2, 0.25) is 5.02 Å². The lowest BCUT2D eigenvalue weighted by Crippen LogP contribution is -2.42. The number of hydrogen-bond donors (Lipinski definition) is 3. The molecule has 8 rings (SSSR count). The number of rotatable bonds is 7. The highest BCUT2D eigenvalue weighted by atomic mass is 35.5. The summed E-state index contributed by atoms with van der Waals surface area (Å²) < 4.78 is 29.2. The number of fused-ring (bicyclic) bond motifs is 9. The quantitative estimate of drug-likeness (QED) is 0.236. The van der Waals surface area contributed by atoms with Crippen molar-refractivity contribution in [3.63, 3.8) is 0 Å². The maximum atomic E-state index is 14.0. The highest BCUT2D eigenvalue weighted by molar-refractivity contribution is 8.00. The molecule has 0 radical (unpaired) electrons. The molecule has 3 aromatic carbocycles. The zero-order chi connectivity index (χ0) is 33.5. The van der Waals surface area contributed by atoms with Gasteiger partial charge in [-0.25, -0.2) is 13.6 Å². The Morgan fingerprint density at radius 1 is 0.979 bits per heavy atom. The van der Waals surface area contributed by atoms with E-state index in [0.717, 1.165) is 33.2 Å². The third kappa shape index (κ3) is 5.08. The van der Waals surface area contributed by atoms with E-state index in [0.29, 0.717) is 22.1 Å². The van der Waals surface area contributed by atoms with Crippen LogP contribution in [0.1, 0.15) is 22.8 Å². The lowest BCUT2D eigenvalue weighted by atomic mass is 9.68. The first-order valence-corrected chi connectivity index (χ1v) is 18.8. The Bertz CT molecular complexity index is 2150. The fraction of sp³-hybridized carbons (Fsp3) is 0.273. The van der Waals surface area contributed by atoms with Gasteiger partial charge in [0.1, 0.15) is 5.75 Å². The van der Waals surface area contributed by atoms with Gasteiger partial charge in [0, 0.05) is 32.3 Å². The number of nitrogens with zero attached hydrogens (tertiary/aromatic N) is 1. The number of carbonyl (C=O) groups excluding carboxylic acids is 3. The molecule has 246 valence electrons. The number of thiazole rings is 1. The van der Waals surface area contributed by atoms with E-state index in [1.54, 1.807) is 48.2 Å². The molecule has 4 unspecified atom stereocenters. The molecular weight excluding hydrogens is 696 g/mol. The van der Waals surface area contributed by atoms with Crippen molar-refractivity contribution in [2.75, 3.05) is 16.8 Å². The van der Waals surface area contributed by atoms with Crippen LogP contribution in [0, 0.1) is 29.6 Å². The summed E-state index contributed by atoms with van der Waals surface area (Å²) in [7, 11) is -3.87. The Morgan fingerprint density at radius 3 is 2.38 bits per heavy atom. The molecule has 48 heavy (non-hydrogen) atoms. The van der Waals surface area contributed by atoms with E-state index in [4.69, 9.17) is 21.5 Å². The average molecular weight is 723 g/mol. The van der Waals surface area contributed by atoms with Crippen molar-refractivity contribution in [3.8, 4) is 5.75 Å². The van der Waals surface area contributed by atoms with Gasteiger partial charge >= 0.3 is 4.87 Å². The number of primary sulfonamides is 1. The Kier molecular flexibility index (Phi) is 7.56. The number of nitrogens with one attached hydrogen (secondary N) is 2. The molecule has 4 aliphatic rings. The summed E-state index contributed by atoms with van der Waals surface area (Å²) in [5.41, 5.74) is 1.68. The van der Waals surface area contributed by atoms with Crippen molar-refractivity contribution in [2.45, 2.75) is 27.5 Å². The van der Waals surface area contributed by atoms with E-state index in [2.05, 4.69) is 10.3 Å². The summed E-state index contributed by atoms with van der Waals surface area (Å²) in [6, 6.07) is 19.6. The molecule has 2 saturated carbocycles. The smallest absolute Gasteiger partial charge is 0.305 e. The summed E-state index contributed by atoms with van der Waals surface area (Å²) in [6.45, 7) is -0.334. The monoisotopic (exact) mass is 722 g/mol. The van der Waals surface area contributed by atoms with Crippen LogP contribution in [0.15, 0.2) is 87.5 Å². The summed E-state index contributed by atoms with van der Waals surface area (Å²) in [5.74, 6) is -1.80. The molecule has 1 saturated heterocycles. The second kappa shape index (κ2) is 11.6. The summed E-state index contributed by atoms with van der Waals surface area (Å²) in [6.07, 6.45) is 0.731. The Hall–Kier alpha value is -3.95. The molecule has 3 fully saturated rings. The topological polar surface area (TPSA) is 169 Å². The molecule has 4 N–H and O–H groups in total. The van der Waals surface area contributed by atoms with Crippen molar-refractivity contribution in [1.82, 2.24) is 4.98 Å². The summed E-state index contributed by atoms with van der Waals surface area (Å²) >= 11 is 8.82. The third-order valence-electron chi connectivity index (χ3n) is 9.89. The van der Waals surface area contributed by atoms with E-state index in [1.165, 1.54) is 29.2 Å². The summed E-state index contributed by atoms with van der Waals surface area (Å²) in [5, 5.41) is 9.12. The molecule has 4 aromatic rings. The van der Waals surface area contributed by atoms with Crippen LogP contribution in [0.4, 0.5) is 11.4 Å². The molecule has 0 spiro atoms. The number of amides is 3. The first-order valence-electron chi connectivity index (χ1n) is 15.2. The summed E-state index contributed by atoms with van der Waals surface area (Å²) in [4.78, 5) is 58.4. The normalized spacial score (nSPS) is 27.0. The minimum absolute atomic E-state index is 0.0161. The fourth-order valence-electron chi connectivity index (χ4n) is 8.15. The number of nitrogens with two attached hydrogens (primary N) is 1. The minimum atomic E-state index is -3.87. The SMILES string of the molecule is NS(=O)(=O)c1ccc(NC(=O)COc2ccccc2[C@H]2c3sc(=O)[nH]c3SC3C2[C@H]2C[C@@H]3C3C(=O)N(c4ccc(Cl)cc4)C(=O)C32)cc1. The lowest BCUT2D eigenvalue weighted by Gasteiger charge is -2.43. The Balaban J connectivity index is 1.09. The number of halogens is 1. The van der Waals surface area contributed by atoms with Crippen LogP contribution in [-0.2, 0) is 24.4 Å². The van der Waals surface area contributed by atoms with Crippen LogP contribution in [0.5, 0.6) is 5.75 Å². The first kappa shape index (κ1) is 31.3. The van der Waals surface area contributed by atoms with E-state index < -0.39 is 27.8 Å². The number of para-hydroxylation sites is 1. The average Bonchev–Trinajstić information content (AvgIpc) is 3.79. The van der Waals surface area contributed by atoms with Crippen LogP contribution in [0.25, 0.3) is 0 Å². The molecule has 1 aromatic heterocycles. The van der Waals surface area contributed by atoms with Crippen molar-refractivity contribution < 1.29 is 27.5 Å². The molecule has 3 heterocycles. The van der Waals surface area contributed by atoms with E-state index in [-0.39, 0.29) is 57.1 Å². The van der Waals surface area contributed by atoms with Gasteiger partial charge in [0.2, 0.25) is 21.8 Å². The predicted octanol–water partition coefficient (Wildman–Crippen LogP) is 4.43. The number of aromatic amines is 1. The molecule has 7 atom stereocenters. The zero-order valence-corrected chi connectivity index (χ0v) is 28.1. The van der Waals surface area contributed by atoms with Gasteiger partial charge in [-0.1, -0.05) is 41.1 Å². The highest BCUT2D eigenvalue weighted by Gasteiger charge is 2.69. The number of benzene rings is 3. The minimum Gasteiger partial charge on any atom is -0.483 e. The predicted molar refractivity (Wildman–Crippen MR) is 181 cm³/mol. The number of imide groups is 1. The van der Waals surface area contributed by atoms with Crippen LogP contribution < -0.4 is 25.0 Å². The molecule has 2 aliphatic carbocycles. The van der Waals surface area contributed by atoms with Gasteiger partial charge in [0.25, 0.3) is 5.91 Å². The maximum Gasteiger partial charge on any atom is 0.305 e. The molecule has 15 heteroatoms. The van der Waals surface area contributed by atoms with Gasteiger partial charge in [-0.3, -0.25) is 24.1 Å². The fourth-order valence-corrected chi connectivity index (χ4v) is 11.7. The standard InChI is InChI=1S/C33H27ClN4O7S3/c34-15-5-9-17(10-6-15)38-31(40)26-20-13-21(27(26)32(38)41)28-25(20)24(29-30(46-28)37-33(42)47-29)19-3-1-2-4-22(19)45-14-23(39)36-16-7-11-18(12-8-16)48(35,43)44/h1-12,20-21,24-28H,13-14H2,(H,36,39)(H,37,42)(H2,35,43,44)/t20-,21-,24-,25?,26?,27?,28?/m1/s1. The Labute approximate surface area is 287 Å². The van der Waals surface area contributed by atoms with Crippen LogP contribution >= 0.6 is 34.7 Å². The number of H-pyrrole nitrogens is 1. The van der Waals surface area contributed by atoms with Crippen molar-refractivity contribution in [3.05, 3.63) is 97.9 Å². The van der Waals surface area contributed by atoms with Crippen LogP contribution in [0.3, 0.4) is 0 Å². The van der Waals surface area contributed by atoms with E-state index in [9.17, 15) is 27.6 Å². The number of sulfonamides is 1. The second-order valence-corrected chi connectivity index (χ2v) is 16.6. The first-order chi connectivity index (χ1) is 23.0. The number of ether oxygens (including phenoxy) is 1. The van der Waals surface area contributed by atoms with Gasteiger partial charge < -0.3 is 15.0 Å². The Morgan fingerprint density at radius 2 is 1.67 bits per heavy atom. The van der Waals surface area contributed by atoms with Gasteiger partial charge in [-0.2, -0.15) is 0 Å². The van der Waals surface area contributed by atoms with Crippen molar-refractivity contribution in [2.24, 2.45) is 34.7 Å². The highest BCUT2D eigenvalue weighted by Crippen LogP contribution is 2.69. The molecule has 11 nitrogen and oxygen atoms in total. The molecular formula is C33H27ClN4O7S3. The van der Waals surface area contributed by atoms with Gasteiger partial charge in [-0.05, 0) is 78.8 Å². The number of hydrogen-bond acceptors (Lipinski definition) is 9. The lowest BCUT2D eigenvalue weighted by molar-refractivity contribution is -0.123. The largest absolute Gasteiger partial charge is 0.483 e. The second-order valence-electron chi connectivity index (χ2n) is 12.4. The zero-order valence-electron chi connectivity index (χ0n) is 24.9. The number of thioether (sulfide) groups is 1. The van der Waals surface area contributed by atoms with Crippen molar-refractivity contribution in [1.29, 1.82) is 0 Å². The molecule has 2 bridgehead atoms. The van der Waals surface area contributed by atoms with Gasteiger partial charge in [0.15, 0.2) is 6.61 Å². The van der Waals surface area contributed by atoms with Gasteiger partial charge in [0.05, 0.1) is 27.4 Å². The number of anilines is 2. The van der Waals surface area contributed by atoms with E-state index in [1.807, 2.05) is 12.1 Å². The van der Waals surface area contributed by atoms with Crippen LogP contribution in [-0.4, -0.2) is 43.0 Å². The van der Waals surface area contributed by atoms with E-state index >= 15 is 0 Å². The third-order valence-corrected chi connectivity index (χ3v) is 13.7. The molecule has 3 amide bonds. The van der Waals surface area contributed by atoms with Crippen molar-refractivity contribution >= 4 is 73.8 Å². The molecule has 2 aliphatic heterocycles. The maximum absolute atomic E-state index is 14.0. The number of carbonyl (C=O) groups is 3. The number of aromatic nitrogens is 1.